The number of nitrogens with zero attached hydrogens (tertiary/aromatic N) is 2. The summed E-state index contributed by atoms with van der Waals surface area (Å²) in [6.45, 7) is 3.91. The molecule has 1 aliphatic rings. The van der Waals surface area contributed by atoms with Crippen LogP contribution in [0.3, 0.4) is 0 Å². The van der Waals surface area contributed by atoms with Crippen molar-refractivity contribution in [2.24, 2.45) is 5.92 Å². The summed E-state index contributed by atoms with van der Waals surface area (Å²) in [7, 11) is 1.51. The number of carbonyl (C=O) groups excluding carboxylic acids is 3. The van der Waals surface area contributed by atoms with Gasteiger partial charge < -0.3 is 10.0 Å². The van der Waals surface area contributed by atoms with Crippen LogP contribution in [-0.4, -0.2) is 58.7 Å². The molecule has 0 saturated carbocycles. The van der Waals surface area contributed by atoms with Gasteiger partial charge in [0.05, 0.1) is 17.0 Å². The maximum absolute atomic E-state index is 12.5. The molecule has 1 heterocycles. The third kappa shape index (κ3) is 3.70. The van der Waals surface area contributed by atoms with Gasteiger partial charge in [0.1, 0.15) is 0 Å². The Hall–Kier alpha value is -2.70. The molecule has 1 N–H and O–H groups in total. The fraction of sp³-hybridized carbons (Fsp3) is 0.444. The molecule has 0 aromatic heterocycles. The second-order valence-electron chi connectivity index (χ2n) is 6.30. The van der Waals surface area contributed by atoms with E-state index in [9.17, 15) is 19.2 Å². The van der Waals surface area contributed by atoms with Crippen molar-refractivity contribution in [3.05, 3.63) is 34.9 Å². The van der Waals surface area contributed by atoms with Crippen molar-refractivity contribution in [1.29, 1.82) is 0 Å². The summed E-state index contributed by atoms with van der Waals surface area (Å²) in [4.78, 5) is 50.6. The number of hydrogen-bond acceptors (Lipinski definition) is 4. The van der Waals surface area contributed by atoms with E-state index in [2.05, 4.69) is 0 Å². The highest BCUT2D eigenvalue weighted by atomic mass is 16.4. The van der Waals surface area contributed by atoms with Gasteiger partial charge in [-0.3, -0.25) is 24.1 Å². The minimum absolute atomic E-state index is 0.0563. The van der Waals surface area contributed by atoms with Gasteiger partial charge in [0.15, 0.2) is 0 Å². The number of carboxylic acid groups (broad SMARTS) is 1. The van der Waals surface area contributed by atoms with Crippen LogP contribution >= 0.6 is 0 Å². The van der Waals surface area contributed by atoms with E-state index in [1.54, 1.807) is 0 Å². The SMILES string of the molecule is CCCCN1C(=O)c2ccc(C(=O)N(C)CC(C)C(=O)O)cc2C1=O. The molecule has 3 amide bonds. The van der Waals surface area contributed by atoms with Crippen LogP contribution in [0.25, 0.3) is 0 Å². The monoisotopic (exact) mass is 346 g/mol. The van der Waals surface area contributed by atoms with Crippen molar-refractivity contribution in [2.45, 2.75) is 26.7 Å². The molecule has 1 atom stereocenters. The van der Waals surface area contributed by atoms with Crippen molar-refractivity contribution in [1.82, 2.24) is 9.80 Å². The second kappa shape index (κ2) is 7.46. The Kier molecular flexibility index (Phi) is 5.56. The number of rotatable bonds is 7. The molecule has 0 spiro atoms. The molecule has 1 unspecified atom stereocenters. The lowest BCUT2D eigenvalue weighted by Gasteiger charge is -2.19. The van der Waals surface area contributed by atoms with Crippen LogP contribution in [0.15, 0.2) is 18.2 Å². The normalized spacial score (nSPS) is 14.4. The summed E-state index contributed by atoms with van der Waals surface area (Å²) in [6.07, 6.45) is 1.59. The zero-order chi connectivity index (χ0) is 18.7. The first-order valence-electron chi connectivity index (χ1n) is 8.26. The van der Waals surface area contributed by atoms with Gasteiger partial charge in [-0.2, -0.15) is 0 Å². The quantitative estimate of drug-likeness (QED) is 0.761. The molecular weight excluding hydrogens is 324 g/mol. The van der Waals surface area contributed by atoms with Gasteiger partial charge in [0.25, 0.3) is 17.7 Å². The Morgan fingerprint density at radius 1 is 1.20 bits per heavy atom. The summed E-state index contributed by atoms with van der Waals surface area (Å²) in [5.41, 5.74) is 0.795. The smallest absolute Gasteiger partial charge is 0.308 e. The van der Waals surface area contributed by atoms with E-state index in [1.807, 2.05) is 6.92 Å². The van der Waals surface area contributed by atoms with Gasteiger partial charge in [0.2, 0.25) is 0 Å². The molecule has 7 heteroatoms. The van der Waals surface area contributed by atoms with Crippen LogP contribution in [-0.2, 0) is 4.79 Å². The number of hydrogen-bond donors (Lipinski definition) is 1. The largest absolute Gasteiger partial charge is 0.481 e. The van der Waals surface area contributed by atoms with E-state index in [0.717, 1.165) is 12.8 Å². The van der Waals surface area contributed by atoms with Gasteiger partial charge in [-0.1, -0.05) is 20.3 Å². The van der Waals surface area contributed by atoms with Gasteiger partial charge in [0, 0.05) is 25.7 Å². The summed E-state index contributed by atoms with van der Waals surface area (Å²) >= 11 is 0. The van der Waals surface area contributed by atoms with Crippen molar-refractivity contribution >= 4 is 23.7 Å². The highest BCUT2D eigenvalue weighted by molar-refractivity contribution is 6.22. The third-order valence-corrected chi connectivity index (χ3v) is 4.27. The van der Waals surface area contributed by atoms with Gasteiger partial charge in [-0.25, -0.2) is 0 Å². The van der Waals surface area contributed by atoms with Crippen LogP contribution in [0.1, 0.15) is 57.8 Å². The summed E-state index contributed by atoms with van der Waals surface area (Å²) < 4.78 is 0. The Morgan fingerprint density at radius 3 is 2.44 bits per heavy atom. The first-order chi connectivity index (χ1) is 11.8. The van der Waals surface area contributed by atoms with Gasteiger partial charge >= 0.3 is 5.97 Å². The van der Waals surface area contributed by atoms with Crippen molar-refractivity contribution < 1.29 is 24.3 Å². The van der Waals surface area contributed by atoms with Crippen LogP contribution < -0.4 is 0 Å². The van der Waals surface area contributed by atoms with Crippen LogP contribution in [0.5, 0.6) is 0 Å². The molecule has 0 saturated heterocycles. The Labute approximate surface area is 146 Å². The van der Waals surface area contributed by atoms with E-state index in [0.29, 0.717) is 12.1 Å². The Morgan fingerprint density at radius 2 is 1.84 bits per heavy atom. The van der Waals surface area contributed by atoms with Crippen LogP contribution in [0.2, 0.25) is 0 Å². The minimum Gasteiger partial charge on any atom is -0.481 e. The number of carbonyl (C=O) groups is 4. The maximum atomic E-state index is 12.5. The standard InChI is InChI=1S/C18H22N2O5/c1-4-5-8-20-16(22)13-7-6-12(9-14(13)17(20)23)15(21)19(3)10-11(2)18(24)25/h6-7,9,11H,4-5,8,10H2,1-3H3,(H,24,25). The predicted molar refractivity (Wildman–Crippen MR) is 90.5 cm³/mol. The highest BCUT2D eigenvalue weighted by Crippen LogP contribution is 2.25. The fourth-order valence-electron chi connectivity index (χ4n) is 2.74. The van der Waals surface area contributed by atoms with E-state index in [1.165, 1.54) is 42.0 Å². The van der Waals surface area contributed by atoms with Crippen molar-refractivity contribution in [3.8, 4) is 0 Å². The molecular formula is C18H22N2O5. The maximum Gasteiger partial charge on any atom is 0.308 e. The molecule has 1 aliphatic heterocycles. The lowest BCUT2D eigenvalue weighted by Crippen LogP contribution is -2.33. The lowest BCUT2D eigenvalue weighted by atomic mass is 10.0. The van der Waals surface area contributed by atoms with E-state index in [-0.39, 0.29) is 35.4 Å². The van der Waals surface area contributed by atoms with Crippen LogP contribution in [0, 0.1) is 5.92 Å². The molecule has 0 aliphatic carbocycles. The molecule has 0 fully saturated rings. The van der Waals surface area contributed by atoms with E-state index >= 15 is 0 Å². The Balaban J connectivity index is 2.21. The zero-order valence-corrected chi connectivity index (χ0v) is 14.6. The number of carboxylic acids is 1. The lowest BCUT2D eigenvalue weighted by molar-refractivity contribution is -0.141. The molecule has 0 radical (unpaired) electrons. The number of benzene rings is 1. The van der Waals surface area contributed by atoms with Crippen molar-refractivity contribution in [3.63, 3.8) is 0 Å². The highest BCUT2D eigenvalue weighted by Gasteiger charge is 2.35. The molecule has 7 nitrogen and oxygen atoms in total. The van der Waals surface area contributed by atoms with E-state index in [4.69, 9.17) is 5.11 Å². The third-order valence-electron chi connectivity index (χ3n) is 4.27. The minimum atomic E-state index is -0.985. The van der Waals surface area contributed by atoms with Gasteiger partial charge in [-0.05, 0) is 24.6 Å². The number of unbranched alkanes of at least 4 members (excludes halogenated alkanes) is 1. The number of amides is 3. The van der Waals surface area contributed by atoms with Crippen molar-refractivity contribution in [2.75, 3.05) is 20.1 Å². The number of fused-ring (bicyclic) bond motifs is 1. The fourth-order valence-corrected chi connectivity index (χ4v) is 2.74. The summed E-state index contributed by atoms with van der Waals surface area (Å²) in [6, 6.07) is 4.41. The molecule has 25 heavy (non-hydrogen) atoms. The second-order valence-corrected chi connectivity index (χ2v) is 6.30. The zero-order valence-electron chi connectivity index (χ0n) is 14.6. The number of aliphatic carboxylic acids is 1. The van der Waals surface area contributed by atoms with Crippen LogP contribution in [0.4, 0.5) is 0 Å². The molecule has 1 aromatic rings. The van der Waals surface area contributed by atoms with Gasteiger partial charge in [-0.15, -0.1) is 0 Å². The van der Waals surface area contributed by atoms with E-state index < -0.39 is 11.9 Å². The molecule has 0 bridgehead atoms. The number of imide groups is 1. The topological polar surface area (TPSA) is 95.0 Å². The molecule has 1 aromatic carbocycles. The molecule has 2 rings (SSSR count). The average Bonchev–Trinajstić information content (AvgIpc) is 2.82. The average molecular weight is 346 g/mol. The molecule has 134 valence electrons. The Bertz CT molecular complexity index is 728. The predicted octanol–water partition coefficient (Wildman–Crippen LogP) is 1.88. The summed E-state index contributed by atoms with van der Waals surface area (Å²) in [5.74, 6) is -2.79. The summed E-state index contributed by atoms with van der Waals surface area (Å²) in [5, 5.41) is 8.95. The first kappa shape index (κ1) is 18.6. The first-order valence-corrected chi connectivity index (χ1v) is 8.26.